The molecule has 0 spiro atoms. The molecule has 2 aromatic rings. The Bertz CT molecular complexity index is 757. The first-order valence-electron chi connectivity index (χ1n) is 7.22. The van der Waals surface area contributed by atoms with Gasteiger partial charge in [0.05, 0.1) is 11.1 Å². The van der Waals surface area contributed by atoms with Crippen LogP contribution in [0.4, 0.5) is 0 Å². The Labute approximate surface area is 154 Å². The number of aromatic nitrogens is 1. The largest absolute Gasteiger partial charge is 0.272 e. The second-order valence-electron chi connectivity index (χ2n) is 6.10. The minimum atomic E-state index is -0.624. The van der Waals surface area contributed by atoms with Gasteiger partial charge in [-0.15, -0.1) is 0 Å². The van der Waals surface area contributed by atoms with E-state index in [1.807, 2.05) is 20.8 Å². The summed E-state index contributed by atoms with van der Waals surface area (Å²) in [5.41, 5.74) is 2.82. The fourth-order valence-corrected chi connectivity index (χ4v) is 2.52. The minimum absolute atomic E-state index is 0.326. The van der Waals surface area contributed by atoms with Gasteiger partial charge in [0.2, 0.25) is 0 Å². The Morgan fingerprint density at radius 3 is 2.33 bits per heavy atom. The molecule has 1 N–H and O–H groups in total. The molecule has 0 unspecified atom stereocenters. The van der Waals surface area contributed by atoms with Gasteiger partial charge in [0.1, 0.15) is 4.60 Å². The first kappa shape index (κ1) is 18.4. The average Bonchev–Trinajstić information content (AvgIpc) is 2.52. The molecular formula is C17H17BrClN3O2. The third-order valence-electron chi connectivity index (χ3n) is 3.18. The van der Waals surface area contributed by atoms with Gasteiger partial charge in [-0.25, -0.2) is 9.99 Å². The highest BCUT2D eigenvalue weighted by molar-refractivity contribution is 9.10. The van der Waals surface area contributed by atoms with Gasteiger partial charge in [-0.1, -0.05) is 11.6 Å². The maximum atomic E-state index is 12.8. The summed E-state index contributed by atoms with van der Waals surface area (Å²) in [7, 11) is 0. The number of rotatable bonds is 2. The molecule has 7 heteroatoms. The zero-order valence-corrected chi connectivity index (χ0v) is 15.9. The van der Waals surface area contributed by atoms with E-state index >= 15 is 0 Å². The summed E-state index contributed by atoms with van der Waals surface area (Å²) < 4.78 is 0.412. The SMILES string of the molecule is CC(C)(C)N(NC(=O)c1cccnc1Br)C(=O)c1ccc(Cl)cc1. The van der Waals surface area contributed by atoms with E-state index in [9.17, 15) is 9.59 Å². The number of amides is 2. The van der Waals surface area contributed by atoms with Crippen LogP contribution in [0.15, 0.2) is 47.2 Å². The Hall–Kier alpha value is -1.92. The molecule has 2 rings (SSSR count). The number of carbonyl (C=O) groups is 2. The van der Waals surface area contributed by atoms with Crippen molar-refractivity contribution in [3.8, 4) is 0 Å². The number of hydrogen-bond acceptors (Lipinski definition) is 3. The van der Waals surface area contributed by atoms with Crippen molar-refractivity contribution >= 4 is 39.3 Å². The smallest absolute Gasteiger partial charge is 0.267 e. The van der Waals surface area contributed by atoms with Crippen molar-refractivity contribution in [2.75, 3.05) is 0 Å². The molecule has 0 radical (unpaired) electrons. The lowest BCUT2D eigenvalue weighted by Crippen LogP contribution is -2.55. The van der Waals surface area contributed by atoms with E-state index in [4.69, 9.17) is 11.6 Å². The fourth-order valence-electron chi connectivity index (χ4n) is 1.96. The van der Waals surface area contributed by atoms with Gasteiger partial charge in [0, 0.05) is 16.8 Å². The lowest BCUT2D eigenvalue weighted by Gasteiger charge is -2.35. The summed E-state index contributed by atoms with van der Waals surface area (Å²) in [6.07, 6.45) is 1.57. The average molecular weight is 411 g/mol. The van der Waals surface area contributed by atoms with Crippen molar-refractivity contribution in [3.63, 3.8) is 0 Å². The van der Waals surface area contributed by atoms with Gasteiger partial charge < -0.3 is 0 Å². The number of carbonyl (C=O) groups excluding carboxylic acids is 2. The molecule has 1 aromatic carbocycles. The first-order chi connectivity index (χ1) is 11.2. The van der Waals surface area contributed by atoms with Crippen LogP contribution in [-0.2, 0) is 0 Å². The highest BCUT2D eigenvalue weighted by Crippen LogP contribution is 2.19. The Kier molecular flexibility index (Phi) is 5.62. The van der Waals surface area contributed by atoms with E-state index in [0.717, 1.165) is 0 Å². The fraction of sp³-hybridized carbons (Fsp3) is 0.235. The molecule has 0 bridgehead atoms. The third-order valence-corrected chi connectivity index (χ3v) is 4.07. The predicted molar refractivity (Wildman–Crippen MR) is 96.8 cm³/mol. The molecule has 1 heterocycles. The number of hydrazine groups is 1. The standard InChI is InChI=1S/C17H17BrClN3O2/c1-17(2,3)22(16(24)11-6-8-12(19)9-7-11)21-15(23)13-5-4-10-20-14(13)18/h4-10H,1-3H3,(H,21,23). The molecule has 24 heavy (non-hydrogen) atoms. The summed E-state index contributed by atoms with van der Waals surface area (Å²) in [4.78, 5) is 29.3. The zero-order valence-electron chi connectivity index (χ0n) is 13.5. The maximum Gasteiger partial charge on any atom is 0.272 e. The second-order valence-corrected chi connectivity index (χ2v) is 7.29. The number of hydrogen-bond donors (Lipinski definition) is 1. The van der Waals surface area contributed by atoms with Crippen molar-refractivity contribution in [3.05, 3.63) is 63.3 Å². The number of nitrogens with zero attached hydrogens (tertiary/aromatic N) is 2. The lowest BCUT2D eigenvalue weighted by atomic mass is 10.1. The molecule has 0 saturated carbocycles. The van der Waals surface area contributed by atoms with Crippen molar-refractivity contribution in [2.45, 2.75) is 26.3 Å². The van der Waals surface area contributed by atoms with Gasteiger partial charge >= 0.3 is 0 Å². The predicted octanol–water partition coefficient (Wildman–Crippen LogP) is 4.08. The summed E-state index contributed by atoms with van der Waals surface area (Å²) in [5.74, 6) is -0.750. The quantitative estimate of drug-likeness (QED) is 0.599. The molecule has 0 saturated heterocycles. The van der Waals surface area contributed by atoms with E-state index < -0.39 is 11.4 Å². The lowest BCUT2D eigenvalue weighted by molar-refractivity contribution is 0.0358. The third kappa shape index (κ3) is 4.33. The summed E-state index contributed by atoms with van der Waals surface area (Å²) in [6, 6.07) is 9.79. The molecule has 0 aliphatic carbocycles. The normalized spacial score (nSPS) is 11.0. The number of nitrogens with one attached hydrogen (secondary N) is 1. The van der Waals surface area contributed by atoms with Gasteiger partial charge in [-0.05, 0) is 73.1 Å². The van der Waals surface area contributed by atoms with E-state index in [2.05, 4.69) is 26.3 Å². The van der Waals surface area contributed by atoms with E-state index in [0.29, 0.717) is 20.8 Å². The van der Waals surface area contributed by atoms with Crippen molar-refractivity contribution in [1.29, 1.82) is 0 Å². The molecule has 1 aromatic heterocycles. The molecule has 0 fully saturated rings. The highest BCUT2D eigenvalue weighted by atomic mass is 79.9. The van der Waals surface area contributed by atoms with Gasteiger partial charge in [-0.3, -0.25) is 15.0 Å². The van der Waals surface area contributed by atoms with Crippen LogP contribution in [0.3, 0.4) is 0 Å². The van der Waals surface area contributed by atoms with Crippen LogP contribution in [0.5, 0.6) is 0 Å². The Balaban J connectivity index is 2.29. The zero-order chi connectivity index (χ0) is 17.9. The van der Waals surface area contributed by atoms with Crippen molar-refractivity contribution in [1.82, 2.24) is 15.4 Å². The molecule has 5 nitrogen and oxygen atoms in total. The van der Waals surface area contributed by atoms with Crippen LogP contribution in [-0.4, -0.2) is 27.3 Å². The molecular weight excluding hydrogens is 394 g/mol. The van der Waals surface area contributed by atoms with Crippen LogP contribution in [0.25, 0.3) is 0 Å². The van der Waals surface area contributed by atoms with Gasteiger partial charge in [0.25, 0.3) is 11.8 Å². The monoisotopic (exact) mass is 409 g/mol. The van der Waals surface area contributed by atoms with Crippen LogP contribution >= 0.6 is 27.5 Å². The molecule has 0 aliphatic rings. The van der Waals surface area contributed by atoms with Crippen LogP contribution < -0.4 is 5.43 Å². The van der Waals surface area contributed by atoms with Crippen LogP contribution in [0, 0.1) is 0 Å². The maximum absolute atomic E-state index is 12.8. The molecule has 0 aliphatic heterocycles. The molecule has 2 amide bonds. The number of benzene rings is 1. The Morgan fingerprint density at radius 2 is 1.79 bits per heavy atom. The van der Waals surface area contributed by atoms with E-state index in [1.54, 1.807) is 42.6 Å². The van der Waals surface area contributed by atoms with Gasteiger partial charge in [0.15, 0.2) is 0 Å². The van der Waals surface area contributed by atoms with Crippen LogP contribution in [0.2, 0.25) is 5.02 Å². The number of halogens is 2. The highest BCUT2D eigenvalue weighted by Gasteiger charge is 2.30. The van der Waals surface area contributed by atoms with Crippen molar-refractivity contribution < 1.29 is 9.59 Å². The summed E-state index contributed by atoms with van der Waals surface area (Å²) in [5, 5.41) is 1.84. The summed E-state index contributed by atoms with van der Waals surface area (Å²) >= 11 is 9.10. The first-order valence-corrected chi connectivity index (χ1v) is 8.39. The Morgan fingerprint density at radius 1 is 1.17 bits per heavy atom. The van der Waals surface area contributed by atoms with E-state index in [-0.39, 0.29) is 5.91 Å². The van der Waals surface area contributed by atoms with Crippen LogP contribution in [0.1, 0.15) is 41.5 Å². The van der Waals surface area contributed by atoms with Crippen molar-refractivity contribution in [2.24, 2.45) is 0 Å². The second kappa shape index (κ2) is 7.32. The molecule has 0 atom stereocenters. The minimum Gasteiger partial charge on any atom is -0.267 e. The summed E-state index contributed by atoms with van der Waals surface area (Å²) in [6.45, 7) is 5.50. The topological polar surface area (TPSA) is 62.3 Å². The van der Waals surface area contributed by atoms with Gasteiger partial charge in [-0.2, -0.15) is 0 Å². The molecule has 126 valence electrons. The number of pyridine rings is 1. The van der Waals surface area contributed by atoms with E-state index in [1.165, 1.54) is 5.01 Å².